The zero-order valence-corrected chi connectivity index (χ0v) is 23.6. The molecule has 3 aromatic rings. The summed E-state index contributed by atoms with van der Waals surface area (Å²) in [6.45, 7) is 14.5. The van der Waals surface area contributed by atoms with Gasteiger partial charge in [0.2, 0.25) is 11.8 Å². The van der Waals surface area contributed by atoms with Gasteiger partial charge in [-0.2, -0.15) is 10.1 Å². The van der Waals surface area contributed by atoms with Crippen molar-refractivity contribution >= 4 is 23.6 Å². The highest BCUT2D eigenvalue weighted by Crippen LogP contribution is 2.19. The fourth-order valence-electron chi connectivity index (χ4n) is 3.32. The second-order valence-corrected chi connectivity index (χ2v) is 7.64. The fraction of sp³-hybridized carbons (Fsp3) is 0.414. The lowest BCUT2D eigenvalue weighted by molar-refractivity contribution is 0.100. The number of anilines is 2. The monoisotopic (exact) mass is 521 g/mol. The first-order chi connectivity index (χ1) is 18.6. The van der Waals surface area contributed by atoms with Gasteiger partial charge in [-0.15, -0.1) is 0 Å². The van der Waals surface area contributed by atoms with Crippen LogP contribution in [0.1, 0.15) is 76.3 Å². The molecule has 9 heteroatoms. The van der Waals surface area contributed by atoms with Crippen molar-refractivity contribution in [3.05, 3.63) is 71.8 Å². The van der Waals surface area contributed by atoms with E-state index >= 15 is 0 Å². The van der Waals surface area contributed by atoms with Crippen LogP contribution in [-0.2, 0) is 6.42 Å². The molecule has 0 aliphatic rings. The van der Waals surface area contributed by atoms with Gasteiger partial charge in [0.05, 0.1) is 18.5 Å². The lowest BCUT2D eigenvalue weighted by Gasteiger charge is -2.23. The molecule has 0 aliphatic carbocycles. The molecule has 0 saturated heterocycles. The van der Waals surface area contributed by atoms with E-state index in [1.54, 1.807) is 30.5 Å². The van der Waals surface area contributed by atoms with Crippen molar-refractivity contribution in [3.63, 3.8) is 0 Å². The van der Waals surface area contributed by atoms with Gasteiger partial charge in [-0.25, -0.2) is 4.98 Å². The maximum atomic E-state index is 11.4. The summed E-state index contributed by atoms with van der Waals surface area (Å²) < 4.78 is 5.95. The maximum Gasteiger partial charge on any atom is 0.248 e. The van der Waals surface area contributed by atoms with Crippen molar-refractivity contribution in [1.82, 2.24) is 15.0 Å². The minimum absolute atomic E-state index is 0.400. The Balaban J connectivity index is 0.00000172. The van der Waals surface area contributed by atoms with Gasteiger partial charge in [-0.1, -0.05) is 53.7 Å². The normalized spacial score (nSPS) is 10.1. The summed E-state index contributed by atoms with van der Waals surface area (Å²) in [5.41, 5.74) is 10.2. The van der Waals surface area contributed by atoms with Crippen LogP contribution in [0.2, 0.25) is 0 Å². The Labute approximate surface area is 227 Å². The van der Waals surface area contributed by atoms with Crippen molar-refractivity contribution < 1.29 is 9.53 Å². The largest absolute Gasteiger partial charge is 0.477 e. The van der Waals surface area contributed by atoms with Crippen LogP contribution < -0.4 is 20.8 Å². The lowest BCUT2D eigenvalue weighted by Crippen LogP contribution is -2.26. The number of carbonyl (C=O) groups is 1. The Hall–Kier alpha value is -4.01. The van der Waals surface area contributed by atoms with Crippen LogP contribution >= 0.6 is 0 Å². The Morgan fingerprint density at radius 1 is 1.03 bits per heavy atom. The number of nitrogens with zero attached hydrogens (tertiary/aromatic N) is 5. The van der Waals surface area contributed by atoms with Gasteiger partial charge in [0, 0.05) is 43.0 Å². The predicted octanol–water partition coefficient (Wildman–Crippen LogP) is 5.72. The highest BCUT2D eigenvalue weighted by atomic mass is 16.5. The van der Waals surface area contributed by atoms with Crippen molar-refractivity contribution in [3.8, 4) is 5.88 Å². The lowest BCUT2D eigenvalue weighted by atomic mass is 10.2. The molecule has 0 fully saturated rings. The fourth-order valence-corrected chi connectivity index (χ4v) is 3.32. The quantitative estimate of drug-likeness (QED) is 0.218. The van der Waals surface area contributed by atoms with Gasteiger partial charge >= 0.3 is 0 Å². The Bertz CT molecular complexity index is 1090. The van der Waals surface area contributed by atoms with Crippen LogP contribution in [0.15, 0.2) is 59.8 Å². The van der Waals surface area contributed by atoms with E-state index < -0.39 is 5.91 Å². The zero-order valence-electron chi connectivity index (χ0n) is 23.6. The number of pyridine rings is 1. The van der Waals surface area contributed by atoms with E-state index in [0.29, 0.717) is 36.0 Å². The average molecular weight is 522 g/mol. The molecule has 2 aromatic heterocycles. The number of benzene rings is 1. The van der Waals surface area contributed by atoms with E-state index in [1.807, 2.05) is 52.0 Å². The number of nitrogens with one attached hydrogen (secondary N) is 1. The van der Waals surface area contributed by atoms with Gasteiger partial charge in [0.25, 0.3) is 0 Å². The summed E-state index contributed by atoms with van der Waals surface area (Å²) in [4.78, 5) is 27.1. The Kier molecular flexibility index (Phi) is 16.1. The van der Waals surface area contributed by atoms with E-state index in [4.69, 9.17) is 10.5 Å². The third-order valence-corrected chi connectivity index (χ3v) is 4.87. The summed E-state index contributed by atoms with van der Waals surface area (Å²) in [5, 5.41) is 4.24. The zero-order chi connectivity index (χ0) is 28.2. The number of carbonyl (C=O) groups excluding carboxylic acids is 1. The molecule has 0 spiro atoms. The van der Waals surface area contributed by atoms with E-state index in [2.05, 4.69) is 44.2 Å². The van der Waals surface area contributed by atoms with Crippen LogP contribution in [0.4, 0.5) is 11.5 Å². The topological polar surface area (TPSA) is 119 Å². The van der Waals surface area contributed by atoms with Gasteiger partial charge in [-0.05, 0) is 43.2 Å². The van der Waals surface area contributed by atoms with Crippen molar-refractivity contribution in [2.24, 2.45) is 10.8 Å². The van der Waals surface area contributed by atoms with E-state index in [-0.39, 0.29) is 0 Å². The summed E-state index contributed by atoms with van der Waals surface area (Å²) in [6, 6.07) is 14.5. The molecule has 1 amide bonds. The Morgan fingerprint density at radius 3 is 2.39 bits per heavy atom. The SMILES string of the molecule is CC.CC.CCCN(CCC)c1cc(OCCc2ccccn2)nc(/C=N/Nc2cccc(C(N)=O)c2)n1. The maximum absolute atomic E-state index is 11.4. The number of ether oxygens (including phenoxy) is 1. The first-order valence-corrected chi connectivity index (χ1v) is 13.4. The molecule has 0 unspecified atom stereocenters. The molecule has 1 aromatic carbocycles. The van der Waals surface area contributed by atoms with Crippen LogP contribution in [0.25, 0.3) is 0 Å². The summed E-state index contributed by atoms with van der Waals surface area (Å²) in [6.07, 6.45) is 5.98. The summed E-state index contributed by atoms with van der Waals surface area (Å²) >= 11 is 0. The predicted molar refractivity (Wildman–Crippen MR) is 157 cm³/mol. The molecule has 0 saturated carbocycles. The third kappa shape index (κ3) is 11.4. The molecular weight excluding hydrogens is 478 g/mol. The van der Waals surface area contributed by atoms with Crippen LogP contribution in [0, 0.1) is 0 Å². The van der Waals surface area contributed by atoms with Gasteiger partial charge in [0.15, 0.2) is 5.82 Å². The number of nitrogens with two attached hydrogens (primary N) is 1. The average Bonchev–Trinajstić information content (AvgIpc) is 2.96. The number of primary amides is 1. The minimum atomic E-state index is -0.497. The number of rotatable bonds is 13. The van der Waals surface area contributed by atoms with E-state index in [1.165, 1.54) is 6.21 Å². The highest BCUT2D eigenvalue weighted by molar-refractivity contribution is 5.93. The number of hydrogen-bond donors (Lipinski definition) is 2. The third-order valence-electron chi connectivity index (χ3n) is 4.87. The van der Waals surface area contributed by atoms with Crippen LogP contribution in [0.3, 0.4) is 0 Å². The highest BCUT2D eigenvalue weighted by Gasteiger charge is 2.11. The molecule has 0 aliphatic heterocycles. The van der Waals surface area contributed by atoms with Gasteiger partial charge in [0.1, 0.15) is 5.82 Å². The van der Waals surface area contributed by atoms with Gasteiger partial charge in [-0.3, -0.25) is 15.2 Å². The molecule has 0 bridgehead atoms. The van der Waals surface area contributed by atoms with Gasteiger partial charge < -0.3 is 15.4 Å². The molecule has 3 rings (SSSR count). The molecule has 0 atom stereocenters. The first-order valence-electron chi connectivity index (χ1n) is 13.4. The van der Waals surface area contributed by atoms with Crippen molar-refractivity contribution in [2.45, 2.75) is 60.8 Å². The first kappa shape index (κ1) is 32.0. The smallest absolute Gasteiger partial charge is 0.248 e. The molecule has 38 heavy (non-hydrogen) atoms. The molecule has 3 N–H and O–H groups in total. The molecule has 9 nitrogen and oxygen atoms in total. The standard InChI is InChI=1S/C25H31N7O2.2C2H6/c1-3-13-32(14-4-2)23-17-24(34-15-11-20-9-5-6-12-27-20)30-22(29-23)18-28-31-21-10-7-8-19(16-21)25(26)33;2*1-2/h5-10,12,16-18,31H,3-4,11,13-15H2,1-2H3,(H2,26,33);2*1-2H3/b28-18+;;. The summed E-state index contributed by atoms with van der Waals surface area (Å²) in [7, 11) is 0. The molecule has 206 valence electrons. The molecule has 2 heterocycles. The molecule has 0 radical (unpaired) electrons. The Morgan fingerprint density at radius 2 is 1.76 bits per heavy atom. The number of amides is 1. The van der Waals surface area contributed by atoms with Crippen molar-refractivity contribution in [2.75, 3.05) is 30.0 Å². The number of hydrogen-bond acceptors (Lipinski definition) is 8. The second-order valence-electron chi connectivity index (χ2n) is 7.64. The van der Waals surface area contributed by atoms with E-state index in [9.17, 15) is 4.79 Å². The minimum Gasteiger partial charge on any atom is -0.477 e. The van der Waals surface area contributed by atoms with E-state index in [0.717, 1.165) is 37.4 Å². The van der Waals surface area contributed by atoms with Crippen LogP contribution in [-0.4, -0.2) is 46.8 Å². The number of hydrazone groups is 1. The second kappa shape index (κ2) is 19.1. The number of aromatic nitrogens is 3. The molecular formula is C29H43N7O2. The summed E-state index contributed by atoms with van der Waals surface area (Å²) in [5.74, 6) is 1.20. The van der Waals surface area contributed by atoms with Crippen LogP contribution in [0.5, 0.6) is 5.88 Å². The van der Waals surface area contributed by atoms with Crippen molar-refractivity contribution in [1.29, 1.82) is 0 Å².